The van der Waals surface area contributed by atoms with Crippen molar-refractivity contribution in [3.05, 3.63) is 48.0 Å². The number of carbonyl (C=O) groups is 5. The standard InChI is InChI=1S/C31H41N9O10S2/c32-52(49,50)31-36-35-30(51-31)34-29(48)24(16-22-6-3-5-21-4-1-2-7-23(21)22)33-25(41)17-37-8-10-38(18-26(42)43)12-14-40(20-28(46)47)15-13-39(11-9-37)19-27(44)45/h1-7,24H,8-20H2,(H,33,41)(H,42,43)(H,44,45)(H,46,47)(H2,32,49,50)(H,34,35,48)/t24-/m0/s1. The first-order chi connectivity index (χ1) is 24.7. The van der Waals surface area contributed by atoms with Crippen LogP contribution in [0, 0.1) is 0 Å². The number of carboxylic acids is 3. The average molecular weight is 764 g/mol. The molecule has 4 rings (SSSR count). The van der Waals surface area contributed by atoms with Gasteiger partial charge in [-0.3, -0.25) is 48.9 Å². The van der Waals surface area contributed by atoms with E-state index in [0.29, 0.717) is 11.3 Å². The van der Waals surface area contributed by atoms with Gasteiger partial charge < -0.3 is 20.6 Å². The predicted molar refractivity (Wildman–Crippen MR) is 188 cm³/mol. The monoisotopic (exact) mass is 763 g/mol. The van der Waals surface area contributed by atoms with Crippen molar-refractivity contribution in [1.82, 2.24) is 35.1 Å². The van der Waals surface area contributed by atoms with Crippen LogP contribution in [0.4, 0.5) is 5.13 Å². The summed E-state index contributed by atoms with van der Waals surface area (Å²) in [6.45, 7) is 0.480. The van der Waals surface area contributed by atoms with Crippen molar-refractivity contribution in [1.29, 1.82) is 0 Å². The van der Waals surface area contributed by atoms with E-state index in [0.717, 1.165) is 16.3 Å². The molecule has 3 aromatic rings. The lowest BCUT2D eigenvalue weighted by atomic mass is 9.98. The summed E-state index contributed by atoms with van der Waals surface area (Å²) in [5.74, 6) is -4.48. The SMILES string of the molecule is NS(=O)(=O)c1nnc(NC(=O)[C@H](Cc2cccc3ccccc23)NC(=O)CN2CCN(CC(=O)O)CCN(CC(=O)O)CCN(CC(=O)O)CC2)s1. The predicted octanol–water partition coefficient (Wildman–Crippen LogP) is -1.52. The number of nitrogens with two attached hydrogens (primary N) is 1. The highest BCUT2D eigenvalue weighted by molar-refractivity contribution is 7.91. The molecule has 1 saturated heterocycles. The molecule has 2 amide bonds. The lowest BCUT2D eigenvalue weighted by molar-refractivity contribution is -0.140. The average Bonchev–Trinajstić information content (AvgIpc) is 3.54. The lowest BCUT2D eigenvalue weighted by Gasteiger charge is -2.33. The highest BCUT2D eigenvalue weighted by Crippen LogP contribution is 2.22. The fourth-order valence-corrected chi connectivity index (χ4v) is 7.03. The number of nitrogens with one attached hydrogen (secondary N) is 2. The minimum atomic E-state index is -4.17. The van der Waals surface area contributed by atoms with Gasteiger partial charge in [0.05, 0.1) is 26.2 Å². The first kappa shape index (κ1) is 40.1. The molecule has 0 spiro atoms. The summed E-state index contributed by atoms with van der Waals surface area (Å²) in [5.41, 5.74) is 0.748. The Morgan fingerprint density at radius 3 is 1.69 bits per heavy atom. The van der Waals surface area contributed by atoms with E-state index in [1.165, 1.54) is 0 Å². The number of carboxylic acid groups (broad SMARTS) is 3. The second-order valence-corrected chi connectivity index (χ2v) is 14.9. The van der Waals surface area contributed by atoms with Crippen LogP contribution in [0.1, 0.15) is 5.56 Å². The Morgan fingerprint density at radius 1 is 0.731 bits per heavy atom. The van der Waals surface area contributed by atoms with Crippen LogP contribution in [-0.2, 0) is 40.4 Å². The van der Waals surface area contributed by atoms with Gasteiger partial charge in [0.1, 0.15) is 6.04 Å². The molecule has 19 nitrogen and oxygen atoms in total. The highest BCUT2D eigenvalue weighted by atomic mass is 32.2. The van der Waals surface area contributed by atoms with Crippen LogP contribution in [0.5, 0.6) is 0 Å². The fourth-order valence-electron chi connectivity index (χ4n) is 5.70. The molecule has 0 unspecified atom stereocenters. The summed E-state index contributed by atoms with van der Waals surface area (Å²) in [4.78, 5) is 68.6. The van der Waals surface area contributed by atoms with Gasteiger partial charge in [-0.2, -0.15) is 0 Å². The number of fused-ring (bicyclic) bond motifs is 1. The first-order valence-corrected chi connectivity index (χ1v) is 18.5. The minimum absolute atomic E-state index is 0.0470. The molecule has 1 aromatic heterocycles. The molecule has 1 fully saturated rings. The molecule has 0 bridgehead atoms. The molecule has 52 heavy (non-hydrogen) atoms. The number of rotatable bonds is 14. The minimum Gasteiger partial charge on any atom is -0.480 e. The van der Waals surface area contributed by atoms with Crippen molar-refractivity contribution in [3.8, 4) is 0 Å². The third kappa shape index (κ3) is 12.8. The molecule has 0 aliphatic carbocycles. The van der Waals surface area contributed by atoms with Gasteiger partial charge in [-0.15, -0.1) is 10.2 Å². The van der Waals surface area contributed by atoms with E-state index >= 15 is 0 Å². The van der Waals surface area contributed by atoms with Crippen molar-refractivity contribution in [2.45, 2.75) is 16.8 Å². The van der Waals surface area contributed by atoms with E-state index in [9.17, 15) is 47.7 Å². The molecular formula is C31H41N9O10S2. The molecule has 21 heteroatoms. The lowest BCUT2D eigenvalue weighted by Crippen LogP contribution is -2.52. The highest BCUT2D eigenvalue weighted by Gasteiger charge is 2.27. The third-order valence-electron chi connectivity index (χ3n) is 8.21. The summed E-state index contributed by atoms with van der Waals surface area (Å²) in [7, 11) is -4.17. The number of amides is 2. The van der Waals surface area contributed by atoms with Crippen LogP contribution < -0.4 is 15.8 Å². The maximum absolute atomic E-state index is 13.7. The van der Waals surface area contributed by atoms with Gasteiger partial charge in [0, 0.05) is 58.8 Å². The Labute approximate surface area is 303 Å². The Hall–Kier alpha value is -4.64. The van der Waals surface area contributed by atoms with Crippen LogP contribution in [0.3, 0.4) is 0 Å². The maximum atomic E-state index is 13.7. The van der Waals surface area contributed by atoms with Crippen molar-refractivity contribution in [2.24, 2.45) is 5.14 Å². The molecule has 0 saturated carbocycles. The first-order valence-electron chi connectivity index (χ1n) is 16.1. The number of hydrogen-bond acceptors (Lipinski definition) is 14. The molecule has 0 radical (unpaired) electrons. The van der Waals surface area contributed by atoms with E-state index in [1.54, 1.807) is 19.6 Å². The Kier molecular flexibility index (Phi) is 14.5. The molecule has 1 aliphatic rings. The smallest absolute Gasteiger partial charge is 0.317 e. The summed E-state index contributed by atoms with van der Waals surface area (Å²) in [5, 5.41) is 47.6. The van der Waals surface area contributed by atoms with Crippen molar-refractivity contribution in [2.75, 3.05) is 83.9 Å². The number of aromatic nitrogens is 2. The van der Waals surface area contributed by atoms with Crippen molar-refractivity contribution < 1.29 is 47.7 Å². The van der Waals surface area contributed by atoms with Crippen molar-refractivity contribution >= 4 is 67.0 Å². The third-order valence-corrected chi connectivity index (χ3v) is 10.4. The number of hydrogen-bond donors (Lipinski definition) is 6. The number of anilines is 1. The Bertz CT molecular complexity index is 1820. The number of primary sulfonamides is 1. The number of sulfonamides is 1. The number of nitrogens with zero attached hydrogens (tertiary/aromatic N) is 6. The van der Waals surface area contributed by atoms with Gasteiger partial charge in [-0.05, 0) is 16.3 Å². The van der Waals surface area contributed by atoms with Gasteiger partial charge >= 0.3 is 17.9 Å². The zero-order valence-corrected chi connectivity index (χ0v) is 29.7. The van der Waals surface area contributed by atoms with E-state index in [1.807, 2.05) is 42.5 Å². The van der Waals surface area contributed by atoms with Gasteiger partial charge in [0.15, 0.2) is 0 Å². The summed E-state index contributed by atoms with van der Waals surface area (Å²) < 4.78 is 22.9. The van der Waals surface area contributed by atoms with Gasteiger partial charge in [-0.25, -0.2) is 13.6 Å². The molecule has 282 valence electrons. The van der Waals surface area contributed by atoms with E-state index in [2.05, 4.69) is 20.8 Å². The molecular weight excluding hydrogens is 723 g/mol. The number of carbonyl (C=O) groups excluding carboxylic acids is 2. The van der Waals surface area contributed by atoms with Crippen LogP contribution >= 0.6 is 11.3 Å². The maximum Gasteiger partial charge on any atom is 0.317 e. The summed E-state index contributed by atoms with van der Waals surface area (Å²) in [6, 6.07) is 11.9. The number of aliphatic carboxylic acids is 3. The zero-order valence-electron chi connectivity index (χ0n) is 28.1. The normalized spacial score (nSPS) is 16.7. The summed E-state index contributed by atoms with van der Waals surface area (Å²) >= 11 is 0.551. The van der Waals surface area contributed by atoms with Crippen LogP contribution in [0.2, 0.25) is 0 Å². The van der Waals surface area contributed by atoms with E-state index < -0.39 is 50.1 Å². The largest absolute Gasteiger partial charge is 0.480 e. The van der Waals surface area contributed by atoms with Gasteiger partial charge in [0.25, 0.3) is 10.0 Å². The van der Waals surface area contributed by atoms with Crippen LogP contribution in [-0.4, -0.2) is 168 Å². The second-order valence-electron chi connectivity index (χ2n) is 12.2. The molecule has 1 atom stereocenters. The fraction of sp³-hybridized carbons (Fsp3) is 0.452. The van der Waals surface area contributed by atoms with Crippen LogP contribution in [0.25, 0.3) is 10.8 Å². The molecule has 2 heterocycles. The van der Waals surface area contributed by atoms with E-state index in [4.69, 9.17) is 5.14 Å². The number of benzene rings is 2. The van der Waals surface area contributed by atoms with E-state index in [-0.39, 0.29) is 90.1 Å². The molecule has 7 N–H and O–H groups in total. The Balaban J connectivity index is 1.55. The zero-order chi connectivity index (χ0) is 37.8. The van der Waals surface area contributed by atoms with Gasteiger partial charge in [-0.1, -0.05) is 53.8 Å². The van der Waals surface area contributed by atoms with Crippen molar-refractivity contribution in [3.63, 3.8) is 0 Å². The quantitative estimate of drug-likeness (QED) is 0.102. The van der Waals surface area contributed by atoms with Crippen LogP contribution in [0.15, 0.2) is 46.8 Å². The molecule has 2 aromatic carbocycles. The topological polar surface area (TPSA) is 269 Å². The second kappa shape index (κ2) is 18.7. The molecule has 1 aliphatic heterocycles. The summed E-state index contributed by atoms with van der Waals surface area (Å²) in [6.07, 6.45) is 0.0470. The Morgan fingerprint density at radius 2 is 1.21 bits per heavy atom. The van der Waals surface area contributed by atoms with Gasteiger partial charge in [0.2, 0.25) is 21.3 Å².